The summed E-state index contributed by atoms with van der Waals surface area (Å²) in [5, 5.41) is 3.18. The fraction of sp³-hybridized carbons (Fsp3) is 0.273. The van der Waals surface area contributed by atoms with Gasteiger partial charge in [0.25, 0.3) is 11.8 Å². The summed E-state index contributed by atoms with van der Waals surface area (Å²) in [6.45, 7) is 7.89. The number of amides is 2. The summed E-state index contributed by atoms with van der Waals surface area (Å²) in [6.07, 6.45) is 0.0672. The third-order valence-corrected chi connectivity index (χ3v) is 4.44. The van der Waals surface area contributed by atoms with E-state index in [9.17, 15) is 9.59 Å². The lowest BCUT2D eigenvalue weighted by Gasteiger charge is -2.12. The third kappa shape index (κ3) is 3.72. The van der Waals surface area contributed by atoms with Crippen LogP contribution in [0.2, 0.25) is 0 Å². The van der Waals surface area contributed by atoms with Crippen LogP contribution >= 0.6 is 0 Å². The molecule has 0 atom stereocenters. The summed E-state index contributed by atoms with van der Waals surface area (Å²) in [6, 6.07) is 13.2. The van der Waals surface area contributed by atoms with Crippen molar-refractivity contribution in [2.75, 3.05) is 12.4 Å². The van der Waals surface area contributed by atoms with E-state index in [0.29, 0.717) is 16.8 Å². The molecule has 0 spiro atoms. The number of nitrogens with zero attached hydrogens (tertiary/aromatic N) is 1. The third-order valence-electron chi connectivity index (χ3n) is 4.44. The van der Waals surface area contributed by atoms with Crippen molar-refractivity contribution in [2.45, 2.75) is 33.8 Å². The molecule has 27 heavy (non-hydrogen) atoms. The van der Waals surface area contributed by atoms with Crippen LogP contribution in [-0.4, -0.2) is 29.9 Å². The van der Waals surface area contributed by atoms with E-state index in [1.54, 1.807) is 12.1 Å². The molecule has 2 aromatic rings. The Morgan fingerprint density at radius 2 is 1.63 bits per heavy atom. The van der Waals surface area contributed by atoms with Gasteiger partial charge < -0.3 is 10.1 Å². The first-order chi connectivity index (χ1) is 12.8. The molecule has 2 aromatic carbocycles. The first-order valence-electron chi connectivity index (χ1n) is 8.96. The van der Waals surface area contributed by atoms with Gasteiger partial charge in [-0.25, -0.2) is 0 Å². The molecular formula is C22H24N2O3. The lowest BCUT2D eigenvalue weighted by molar-refractivity contribution is -0.135. The fourth-order valence-corrected chi connectivity index (χ4v) is 3.09. The maximum atomic E-state index is 12.7. The van der Waals surface area contributed by atoms with E-state index in [0.717, 1.165) is 27.5 Å². The average molecular weight is 364 g/mol. The monoisotopic (exact) mass is 364 g/mol. The Labute approximate surface area is 159 Å². The zero-order valence-electron chi connectivity index (χ0n) is 16.3. The number of likely N-dealkylation sites (N-methyl/N-ethyl adjacent to an activating group) is 1. The first-order valence-corrected chi connectivity index (χ1v) is 8.96. The number of carbonyl (C=O) groups excluding carboxylic acids is 2. The van der Waals surface area contributed by atoms with Gasteiger partial charge >= 0.3 is 0 Å². The number of carbonyl (C=O) groups is 2. The Morgan fingerprint density at radius 3 is 2.22 bits per heavy atom. The molecular weight excluding hydrogens is 340 g/mol. The topological polar surface area (TPSA) is 58.6 Å². The number of rotatable bonds is 5. The molecule has 0 unspecified atom stereocenters. The molecule has 1 heterocycles. The summed E-state index contributed by atoms with van der Waals surface area (Å²) in [5.74, 6) is 0.0747. The minimum atomic E-state index is -0.336. The maximum Gasteiger partial charge on any atom is 0.277 e. The molecule has 140 valence electrons. The van der Waals surface area contributed by atoms with Crippen molar-refractivity contribution >= 4 is 23.1 Å². The highest BCUT2D eigenvalue weighted by Gasteiger charge is 2.36. The minimum Gasteiger partial charge on any atom is -0.491 e. The zero-order chi connectivity index (χ0) is 19.7. The first kappa shape index (κ1) is 18.7. The average Bonchev–Trinajstić information content (AvgIpc) is 2.82. The fourth-order valence-electron chi connectivity index (χ4n) is 3.09. The zero-order valence-corrected chi connectivity index (χ0v) is 16.3. The van der Waals surface area contributed by atoms with E-state index in [1.165, 1.54) is 7.05 Å². The summed E-state index contributed by atoms with van der Waals surface area (Å²) in [7, 11) is 1.50. The molecule has 0 bridgehead atoms. The molecule has 0 fully saturated rings. The molecule has 1 aliphatic heterocycles. The Bertz CT molecular complexity index is 927. The molecule has 1 aliphatic rings. The van der Waals surface area contributed by atoms with E-state index >= 15 is 0 Å². The van der Waals surface area contributed by atoms with Gasteiger partial charge in [0.05, 0.1) is 11.7 Å². The molecule has 0 saturated carbocycles. The molecule has 1 N–H and O–H groups in total. The van der Waals surface area contributed by atoms with Crippen molar-refractivity contribution in [1.82, 2.24) is 4.90 Å². The predicted octanol–water partition coefficient (Wildman–Crippen LogP) is 3.91. The molecule has 0 radical (unpaired) electrons. The Balaban J connectivity index is 2.02. The number of aryl methyl sites for hydroxylation is 2. The standard InChI is InChI=1S/C22H24N2O3/c1-13(2)27-17-9-7-16(8-10-17)19-20(22(26)24(5)21(19)25)23-18-11-6-14(3)12-15(18)4/h6-13,23H,1-5H3. The normalized spacial score (nSPS) is 14.4. The van der Waals surface area contributed by atoms with Crippen LogP contribution in [0, 0.1) is 13.8 Å². The van der Waals surface area contributed by atoms with Crippen LogP contribution in [0.4, 0.5) is 5.69 Å². The van der Waals surface area contributed by atoms with E-state index in [1.807, 2.05) is 58.0 Å². The van der Waals surface area contributed by atoms with Crippen LogP contribution < -0.4 is 10.1 Å². The lowest BCUT2D eigenvalue weighted by Crippen LogP contribution is -2.28. The molecule has 5 nitrogen and oxygen atoms in total. The van der Waals surface area contributed by atoms with Gasteiger partial charge in [0.2, 0.25) is 0 Å². The highest BCUT2D eigenvalue weighted by atomic mass is 16.5. The smallest absolute Gasteiger partial charge is 0.277 e. The predicted molar refractivity (Wildman–Crippen MR) is 106 cm³/mol. The van der Waals surface area contributed by atoms with Crippen LogP contribution in [0.3, 0.4) is 0 Å². The Hall–Kier alpha value is -3.08. The van der Waals surface area contributed by atoms with Crippen molar-refractivity contribution in [2.24, 2.45) is 0 Å². The van der Waals surface area contributed by atoms with Crippen LogP contribution in [0.1, 0.15) is 30.5 Å². The van der Waals surface area contributed by atoms with Crippen molar-refractivity contribution in [1.29, 1.82) is 0 Å². The molecule has 5 heteroatoms. The number of ether oxygens (including phenoxy) is 1. The lowest BCUT2D eigenvalue weighted by atomic mass is 10.0. The minimum absolute atomic E-state index is 0.0672. The van der Waals surface area contributed by atoms with Crippen molar-refractivity contribution in [3.8, 4) is 5.75 Å². The SMILES string of the molecule is Cc1ccc(NC2=C(c3ccc(OC(C)C)cc3)C(=O)N(C)C2=O)c(C)c1. The second kappa shape index (κ2) is 7.27. The van der Waals surface area contributed by atoms with Crippen LogP contribution in [0.25, 0.3) is 5.57 Å². The largest absolute Gasteiger partial charge is 0.491 e. The Morgan fingerprint density at radius 1 is 0.963 bits per heavy atom. The number of hydrogen-bond acceptors (Lipinski definition) is 4. The van der Waals surface area contributed by atoms with E-state index < -0.39 is 0 Å². The van der Waals surface area contributed by atoms with Gasteiger partial charge in [0.1, 0.15) is 11.4 Å². The highest BCUT2D eigenvalue weighted by Crippen LogP contribution is 2.31. The number of hydrogen-bond donors (Lipinski definition) is 1. The van der Waals surface area contributed by atoms with Gasteiger partial charge in [0, 0.05) is 12.7 Å². The van der Waals surface area contributed by atoms with Gasteiger partial charge in [0.15, 0.2) is 0 Å². The van der Waals surface area contributed by atoms with E-state index in [4.69, 9.17) is 4.74 Å². The van der Waals surface area contributed by atoms with Gasteiger partial charge in [-0.15, -0.1) is 0 Å². The van der Waals surface area contributed by atoms with E-state index in [2.05, 4.69) is 5.32 Å². The number of benzene rings is 2. The number of imide groups is 1. The number of anilines is 1. The summed E-state index contributed by atoms with van der Waals surface area (Å²) < 4.78 is 5.66. The van der Waals surface area contributed by atoms with Crippen LogP contribution in [0.5, 0.6) is 5.75 Å². The maximum absolute atomic E-state index is 12.7. The van der Waals surface area contributed by atoms with Gasteiger partial charge in [-0.05, 0) is 57.0 Å². The van der Waals surface area contributed by atoms with Crippen molar-refractivity contribution < 1.29 is 14.3 Å². The van der Waals surface area contributed by atoms with Crippen molar-refractivity contribution in [3.05, 3.63) is 64.9 Å². The van der Waals surface area contributed by atoms with Crippen LogP contribution in [-0.2, 0) is 9.59 Å². The second-order valence-electron chi connectivity index (χ2n) is 7.05. The van der Waals surface area contributed by atoms with Gasteiger partial charge in [-0.1, -0.05) is 29.8 Å². The molecule has 0 aliphatic carbocycles. The van der Waals surface area contributed by atoms with Gasteiger partial charge in [-0.3, -0.25) is 14.5 Å². The summed E-state index contributed by atoms with van der Waals surface area (Å²) in [5.41, 5.74) is 4.31. The van der Waals surface area contributed by atoms with E-state index in [-0.39, 0.29) is 17.9 Å². The van der Waals surface area contributed by atoms with Gasteiger partial charge in [-0.2, -0.15) is 0 Å². The quantitative estimate of drug-likeness (QED) is 0.817. The molecule has 0 aromatic heterocycles. The molecule has 0 saturated heterocycles. The summed E-state index contributed by atoms with van der Waals surface area (Å²) in [4.78, 5) is 26.5. The van der Waals surface area contributed by atoms with Crippen LogP contribution in [0.15, 0.2) is 48.2 Å². The second-order valence-corrected chi connectivity index (χ2v) is 7.05. The summed E-state index contributed by atoms with van der Waals surface area (Å²) >= 11 is 0. The highest BCUT2D eigenvalue weighted by molar-refractivity contribution is 6.36. The molecule has 2 amide bonds. The number of nitrogens with one attached hydrogen (secondary N) is 1. The Kier molecular flexibility index (Phi) is 5.04. The van der Waals surface area contributed by atoms with Crippen molar-refractivity contribution in [3.63, 3.8) is 0 Å². The molecule has 3 rings (SSSR count).